The Morgan fingerprint density at radius 2 is 1.97 bits per heavy atom. The van der Waals surface area contributed by atoms with Crippen LogP contribution < -0.4 is 0 Å². The van der Waals surface area contributed by atoms with Gasteiger partial charge < -0.3 is 14.8 Å². The average Bonchev–Trinajstić information content (AvgIpc) is 3.20. The second kappa shape index (κ2) is 8.56. The largest absolute Gasteiger partial charge is 0.466 e. The van der Waals surface area contributed by atoms with Crippen LogP contribution in [0.4, 0.5) is 0 Å². The number of ether oxygens (including phenoxy) is 1. The van der Waals surface area contributed by atoms with Gasteiger partial charge in [-0.15, -0.1) is 24.2 Å². The zero-order chi connectivity index (χ0) is 19.9. The molecule has 0 bridgehead atoms. The maximum Gasteiger partial charge on any atom is 0.313 e. The molecule has 0 spiro atoms. The number of halogens is 2. The number of aliphatic hydroxyl groups is 1. The Bertz CT molecular complexity index is 974. The van der Waals surface area contributed by atoms with Crippen molar-refractivity contribution in [3.8, 4) is 0 Å². The van der Waals surface area contributed by atoms with E-state index in [-0.39, 0.29) is 24.3 Å². The van der Waals surface area contributed by atoms with E-state index < -0.39 is 22.7 Å². The third-order valence-electron chi connectivity index (χ3n) is 5.14. The first-order valence-corrected chi connectivity index (χ1v) is 10.5. The molecule has 4 rings (SSSR count). The van der Waals surface area contributed by atoms with Crippen LogP contribution >= 0.6 is 35.8 Å². The minimum atomic E-state index is -1.34. The Morgan fingerprint density at radius 3 is 2.62 bits per heavy atom. The molecule has 2 N–H and O–H groups in total. The number of thioether (sulfide) groups is 1. The first-order chi connectivity index (χ1) is 13.4. The lowest BCUT2D eigenvalue weighted by Gasteiger charge is -2.29. The molecule has 4 atom stereocenters. The second-order valence-electron chi connectivity index (χ2n) is 7.08. The van der Waals surface area contributed by atoms with Crippen molar-refractivity contribution < 1.29 is 14.6 Å². The fourth-order valence-electron chi connectivity index (χ4n) is 3.79. The summed E-state index contributed by atoms with van der Waals surface area (Å²) in [7, 11) is 0. The Labute approximate surface area is 184 Å². The van der Waals surface area contributed by atoms with Crippen molar-refractivity contribution in [1.82, 2.24) is 9.97 Å². The maximum absolute atomic E-state index is 12.8. The van der Waals surface area contributed by atoms with Crippen LogP contribution in [0.1, 0.15) is 35.7 Å². The zero-order valence-corrected chi connectivity index (χ0v) is 18.4. The molecule has 3 aromatic rings. The van der Waals surface area contributed by atoms with Gasteiger partial charge in [0.25, 0.3) is 0 Å². The molecule has 0 radical (unpaired) electrons. The molecule has 154 valence electrons. The maximum atomic E-state index is 12.8. The van der Waals surface area contributed by atoms with Crippen molar-refractivity contribution in [2.45, 2.75) is 29.9 Å². The first-order valence-electron chi connectivity index (χ1n) is 9.16. The van der Waals surface area contributed by atoms with Gasteiger partial charge in [0.1, 0.15) is 11.7 Å². The molecule has 2 aromatic carbocycles. The van der Waals surface area contributed by atoms with Gasteiger partial charge in [0, 0.05) is 10.3 Å². The van der Waals surface area contributed by atoms with E-state index in [1.54, 1.807) is 26.0 Å². The van der Waals surface area contributed by atoms with E-state index in [9.17, 15) is 9.90 Å². The van der Waals surface area contributed by atoms with Crippen molar-refractivity contribution in [2.24, 2.45) is 5.92 Å². The molecular weight excluding hydrogens is 431 g/mol. The van der Waals surface area contributed by atoms with Crippen molar-refractivity contribution in [2.75, 3.05) is 6.61 Å². The summed E-state index contributed by atoms with van der Waals surface area (Å²) in [6.45, 7) is 3.72. The van der Waals surface area contributed by atoms with E-state index in [0.29, 0.717) is 10.8 Å². The number of hydrogen-bond donors (Lipinski definition) is 2. The van der Waals surface area contributed by atoms with Crippen LogP contribution in [0.15, 0.2) is 48.5 Å². The number of benzene rings is 2. The number of para-hydroxylation sites is 2. The van der Waals surface area contributed by atoms with Crippen LogP contribution in [0, 0.1) is 5.92 Å². The Morgan fingerprint density at radius 1 is 1.28 bits per heavy atom. The highest BCUT2D eigenvalue weighted by molar-refractivity contribution is 8.00. The number of esters is 1. The highest BCUT2D eigenvalue weighted by Gasteiger charge is 2.58. The van der Waals surface area contributed by atoms with E-state index in [0.717, 1.165) is 16.6 Å². The van der Waals surface area contributed by atoms with Crippen molar-refractivity contribution in [3.63, 3.8) is 0 Å². The summed E-state index contributed by atoms with van der Waals surface area (Å²) in [5.41, 5.74) is 1.31. The first kappa shape index (κ1) is 22.0. The molecule has 1 aliphatic heterocycles. The lowest BCUT2D eigenvalue weighted by atomic mass is 9.81. The van der Waals surface area contributed by atoms with Gasteiger partial charge in [0.05, 0.1) is 28.5 Å². The van der Waals surface area contributed by atoms with Crippen LogP contribution in [0.5, 0.6) is 0 Å². The summed E-state index contributed by atoms with van der Waals surface area (Å²) in [5.74, 6) is -0.475. The Balaban J connectivity index is 0.00000240. The molecule has 0 aliphatic carbocycles. The summed E-state index contributed by atoms with van der Waals surface area (Å²) >= 11 is 7.55. The van der Waals surface area contributed by atoms with Gasteiger partial charge in [-0.3, -0.25) is 4.79 Å². The van der Waals surface area contributed by atoms with Crippen molar-refractivity contribution in [3.05, 3.63) is 64.9 Å². The van der Waals surface area contributed by atoms with Gasteiger partial charge in [0.2, 0.25) is 0 Å². The molecule has 29 heavy (non-hydrogen) atoms. The summed E-state index contributed by atoms with van der Waals surface area (Å²) < 4.78 is 5.31. The van der Waals surface area contributed by atoms with Gasteiger partial charge in [-0.05, 0) is 43.7 Å². The summed E-state index contributed by atoms with van der Waals surface area (Å²) in [4.78, 5) is 20.8. The smallest absolute Gasteiger partial charge is 0.313 e. The normalized spacial score (nSPS) is 26.3. The summed E-state index contributed by atoms with van der Waals surface area (Å²) in [5, 5.41) is 11.4. The number of nitrogens with zero attached hydrogens (tertiary/aromatic N) is 1. The van der Waals surface area contributed by atoms with E-state index in [1.165, 1.54) is 11.8 Å². The lowest BCUT2D eigenvalue weighted by Crippen LogP contribution is -2.41. The van der Waals surface area contributed by atoms with E-state index >= 15 is 0 Å². The molecule has 8 heteroatoms. The molecule has 1 saturated heterocycles. The number of carbonyl (C=O) groups excluding carboxylic acids is 1. The molecule has 1 aromatic heterocycles. The molecule has 1 fully saturated rings. The van der Waals surface area contributed by atoms with E-state index in [2.05, 4.69) is 9.97 Å². The molecule has 2 heterocycles. The van der Waals surface area contributed by atoms with Crippen LogP contribution in [0.25, 0.3) is 11.0 Å². The van der Waals surface area contributed by atoms with Crippen LogP contribution in [0.3, 0.4) is 0 Å². The van der Waals surface area contributed by atoms with Crippen LogP contribution in [0.2, 0.25) is 5.02 Å². The number of hydrogen-bond acceptors (Lipinski definition) is 5. The molecule has 0 amide bonds. The topological polar surface area (TPSA) is 75.2 Å². The number of imidazole rings is 1. The lowest BCUT2D eigenvalue weighted by molar-refractivity contribution is -0.156. The number of carbonyl (C=O) groups is 1. The Kier molecular flexibility index (Phi) is 6.48. The molecule has 1 aliphatic rings. The van der Waals surface area contributed by atoms with Gasteiger partial charge >= 0.3 is 5.97 Å². The number of rotatable bonds is 4. The number of aromatic amines is 1. The number of nitrogens with one attached hydrogen (secondary N) is 1. The highest BCUT2D eigenvalue weighted by atomic mass is 35.5. The fraction of sp³-hybridized carbons (Fsp3) is 0.333. The molecular formula is C21H22Cl2N2O3S. The summed E-state index contributed by atoms with van der Waals surface area (Å²) in [6, 6.07) is 15.1. The number of aromatic nitrogens is 2. The van der Waals surface area contributed by atoms with E-state index in [1.807, 2.05) is 36.4 Å². The third-order valence-corrected chi connectivity index (χ3v) is 7.20. The fourth-order valence-corrected chi connectivity index (χ4v) is 5.73. The Hall–Kier alpha value is -1.73. The monoisotopic (exact) mass is 452 g/mol. The standard InChI is InChI=1S/C21H21ClN2O3S.ClH/c1-3-27-20(25)16-17(12-8-10-13(22)11-9-12)28-18(21(16,2)26)19-23-14-6-4-5-7-15(14)24-19;/h4-11,16-18,26H,3H2,1-2H3,(H,23,24);1H. The van der Waals surface area contributed by atoms with Crippen molar-refractivity contribution in [1.29, 1.82) is 0 Å². The zero-order valence-electron chi connectivity index (χ0n) is 16.0. The van der Waals surface area contributed by atoms with E-state index in [4.69, 9.17) is 16.3 Å². The predicted molar refractivity (Wildman–Crippen MR) is 119 cm³/mol. The molecule has 4 unspecified atom stereocenters. The quantitative estimate of drug-likeness (QED) is 0.538. The van der Waals surface area contributed by atoms with Crippen LogP contribution in [-0.2, 0) is 9.53 Å². The summed E-state index contributed by atoms with van der Waals surface area (Å²) in [6.07, 6.45) is 0. The van der Waals surface area contributed by atoms with Gasteiger partial charge in [-0.1, -0.05) is 35.9 Å². The van der Waals surface area contributed by atoms with Gasteiger partial charge in [-0.2, -0.15) is 0 Å². The number of fused-ring (bicyclic) bond motifs is 1. The second-order valence-corrected chi connectivity index (χ2v) is 8.77. The third kappa shape index (κ3) is 3.99. The molecule has 0 saturated carbocycles. The minimum absolute atomic E-state index is 0. The van der Waals surface area contributed by atoms with Crippen LogP contribution in [-0.4, -0.2) is 33.3 Å². The predicted octanol–water partition coefficient (Wildman–Crippen LogP) is 5.10. The average molecular weight is 453 g/mol. The van der Waals surface area contributed by atoms with Gasteiger partial charge in [0.15, 0.2) is 0 Å². The minimum Gasteiger partial charge on any atom is -0.466 e. The highest BCUT2D eigenvalue weighted by Crippen LogP contribution is 2.61. The van der Waals surface area contributed by atoms with Crippen molar-refractivity contribution >= 4 is 52.8 Å². The SMILES string of the molecule is CCOC(=O)C1C(c2ccc(Cl)cc2)SC(c2nc3ccccc3[nH]2)C1(C)O.Cl. The van der Waals surface area contributed by atoms with Gasteiger partial charge in [-0.25, -0.2) is 4.98 Å². The number of H-pyrrole nitrogens is 1. The molecule has 5 nitrogen and oxygen atoms in total.